The molecule has 0 aliphatic heterocycles. The van der Waals surface area contributed by atoms with Gasteiger partial charge in [0.2, 0.25) is 0 Å². The second kappa shape index (κ2) is 27.3. The van der Waals surface area contributed by atoms with Crippen LogP contribution in [0.5, 0.6) is 0 Å². The minimum Gasteiger partial charge on any atom is -0.139 e. The third-order valence-corrected chi connectivity index (χ3v) is 17.7. The molecule has 0 unspecified atom stereocenters. The van der Waals surface area contributed by atoms with Crippen molar-refractivity contribution < 1.29 is 0 Å². The topological polar surface area (TPSA) is 25.8 Å². The van der Waals surface area contributed by atoms with Gasteiger partial charge in [-0.15, -0.1) is 55.5 Å². The van der Waals surface area contributed by atoms with Gasteiger partial charge < -0.3 is 0 Å². The fourth-order valence-electron chi connectivity index (χ4n) is 7.94. The van der Waals surface area contributed by atoms with E-state index in [1.54, 1.807) is 32.2 Å². The van der Waals surface area contributed by atoms with E-state index in [0.717, 1.165) is 10.0 Å². The maximum atomic E-state index is 4.75. The van der Waals surface area contributed by atoms with E-state index >= 15 is 0 Å². The first-order chi connectivity index (χ1) is 28.1. The maximum absolute atomic E-state index is 4.75. The first-order valence-electron chi connectivity index (χ1n) is 23.4. The third-order valence-electron chi connectivity index (χ3n) is 11.5. The van der Waals surface area contributed by atoms with Gasteiger partial charge >= 0.3 is 0 Å². The summed E-state index contributed by atoms with van der Waals surface area (Å²) >= 11 is 9.68. The summed E-state index contributed by atoms with van der Waals surface area (Å²) in [7, 11) is 0. The van der Waals surface area contributed by atoms with Crippen molar-refractivity contribution in [3.63, 3.8) is 0 Å². The molecule has 5 aromatic heterocycles. The third kappa shape index (κ3) is 15.7. The summed E-state index contributed by atoms with van der Waals surface area (Å²) in [5.74, 6) is 0. The monoisotopic (exact) mass is 862 g/mol. The number of unbranched alkanes of at least 4 members (excludes halogenated alkanes) is 20. The number of thiophene rings is 4. The van der Waals surface area contributed by atoms with Crippen LogP contribution in [0.4, 0.5) is 0 Å². The van der Waals surface area contributed by atoms with Crippen molar-refractivity contribution in [1.82, 2.24) is 10.2 Å². The molecule has 0 aliphatic rings. The largest absolute Gasteiger partial charge is 0.158 e. The van der Waals surface area contributed by atoms with E-state index < -0.39 is 0 Å². The van der Waals surface area contributed by atoms with Crippen molar-refractivity contribution in [3.8, 4) is 39.3 Å². The molecule has 0 atom stereocenters. The first kappa shape index (κ1) is 46.4. The number of hydrogen-bond donors (Lipinski definition) is 0. The summed E-state index contributed by atoms with van der Waals surface area (Å²) in [5.41, 5.74) is 3.24. The molecule has 0 aliphatic carbocycles. The molecule has 5 heterocycles. The van der Waals surface area contributed by atoms with Crippen molar-refractivity contribution in [2.75, 3.05) is 0 Å². The highest BCUT2D eigenvalue weighted by molar-refractivity contribution is 7.29. The van der Waals surface area contributed by atoms with Gasteiger partial charge in [-0.25, -0.2) is 0 Å². The predicted molar refractivity (Wildman–Crippen MR) is 261 cm³/mol. The van der Waals surface area contributed by atoms with Gasteiger partial charge in [-0.3, -0.25) is 0 Å². The van der Waals surface area contributed by atoms with Crippen molar-refractivity contribution in [2.24, 2.45) is 0 Å². The second-order valence-corrected chi connectivity index (χ2v) is 21.8. The van der Waals surface area contributed by atoms with E-state index in [2.05, 4.69) is 86.8 Å². The van der Waals surface area contributed by atoms with Crippen LogP contribution in [0.3, 0.4) is 0 Å². The zero-order chi connectivity index (χ0) is 39.9. The molecule has 5 rings (SSSR count). The molecular formula is C50H74N2S5. The summed E-state index contributed by atoms with van der Waals surface area (Å²) in [5, 5.41) is 11.6. The van der Waals surface area contributed by atoms with Gasteiger partial charge in [0.05, 0.1) is 9.75 Å². The summed E-state index contributed by atoms with van der Waals surface area (Å²) < 4.78 is 0. The quantitative estimate of drug-likeness (QED) is 0.0403. The van der Waals surface area contributed by atoms with E-state index in [1.165, 1.54) is 209 Å². The molecule has 0 aromatic carbocycles. The van der Waals surface area contributed by atoms with Crippen LogP contribution in [0.25, 0.3) is 39.3 Å². The van der Waals surface area contributed by atoms with Crippen molar-refractivity contribution in [3.05, 3.63) is 57.3 Å². The molecule has 5 aromatic rings. The van der Waals surface area contributed by atoms with Crippen LogP contribution in [0, 0.1) is 0 Å². The van der Waals surface area contributed by atoms with Gasteiger partial charge in [0, 0.05) is 29.3 Å². The maximum Gasteiger partial charge on any atom is 0.158 e. The molecule has 314 valence electrons. The van der Waals surface area contributed by atoms with Gasteiger partial charge in [-0.1, -0.05) is 167 Å². The van der Waals surface area contributed by atoms with Crippen LogP contribution >= 0.6 is 56.7 Å². The molecule has 2 nitrogen and oxygen atoms in total. The van der Waals surface area contributed by atoms with Gasteiger partial charge in [-0.05, 0) is 98.9 Å². The molecule has 0 amide bonds. The predicted octanol–water partition coefficient (Wildman–Crippen LogP) is 19.1. The first-order valence-corrected chi connectivity index (χ1v) is 27.5. The highest BCUT2D eigenvalue weighted by Crippen LogP contribution is 2.44. The highest BCUT2D eigenvalue weighted by atomic mass is 32.1. The summed E-state index contributed by atoms with van der Waals surface area (Å²) in [6, 6.07) is 14.3. The fourth-order valence-corrected chi connectivity index (χ4v) is 13.6. The van der Waals surface area contributed by atoms with E-state index in [0.29, 0.717) is 0 Å². The molecule has 0 N–H and O–H groups in total. The number of hydrogen-bond acceptors (Lipinski definition) is 7. The van der Waals surface area contributed by atoms with Gasteiger partial charge in [0.15, 0.2) is 10.0 Å². The van der Waals surface area contributed by atoms with Crippen molar-refractivity contribution in [2.45, 2.75) is 207 Å². The molecule has 0 radical (unpaired) electrons. The average Bonchev–Trinajstić information content (AvgIpc) is 4.07. The van der Waals surface area contributed by atoms with E-state index in [-0.39, 0.29) is 0 Å². The van der Waals surface area contributed by atoms with Crippen LogP contribution in [-0.2, 0) is 25.7 Å². The zero-order valence-electron chi connectivity index (χ0n) is 36.2. The Balaban J connectivity index is 1.23. The summed E-state index contributed by atoms with van der Waals surface area (Å²) in [4.78, 5) is 11.4. The van der Waals surface area contributed by atoms with E-state index in [9.17, 15) is 0 Å². The Labute approximate surface area is 368 Å². The van der Waals surface area contributed by atoms with E-state index in [1.807, 2.05) is 22.7 Å². The Kier molecular flexibility index (Phi) is 22.2. The molecule has 0 fully saturated rings. The number of aromatic nitrogens is 2. The smallest absolute Gasteiger partial charge is 0.139 e. The Morgan fingerprint density at radius 2 is 0.632 bits per heavy atom. The minimum absolute atomic E-state index is 1.05. The fraction of sp³-hybridized carbons (Fsp3) is 0.640. The lowest BCUT2D eigenvalue weighted by molar-refractivity contribution is 0.601. The van der Waals surface area contributed by atoms with Crippen LogP contribution in [0.1, 0.15) is 203 Å². The Bertz CT molecular complexity index is 1590. The van der Waals surface area contributed by atoms with Crippen molar-refractivity contribution >= 4 is 56.7 Å². The average molecular weight is 863 g/mol. The lowest BCUT2D eigenvalue weighted by Gasteiger charge is -2.05. The molecule has 0 saturated heterocycles. The van der Waals surface area contributed by atoms with Crippen LogP contribution in [0.15, 0.2) is 36.4 Å². The molecule has 7 heteroatoms. The lowest BCUT2D eigenvalue weighted by atomic mass is 10.0. The molecule has 0 bridgehead atoms. The van der Waals surface area contributed by atoms with Crippen LogP contribution in [-0.4, -0.2) is 10.2 Å². The molecule has 0 spiro atoms. The zero-order valence-corrected chi connectivity index (χ0v) is 40.3. The van der Waals surface area contributed by atoms with E-state index in [4.69, 9.17) is 10.2 Å². The van der Waals surface area contributed by atoms with Gasteiger partial charge in [-0.2, -0.15) is 0 Å². The Hall–Kier alpha value is -1.64. The number of rotatable bonds is 32. The van der Waals surface area contributed by atoms with Crippen LogP contribution in [0.2, 0.25) is 0 Å². The van der Waals surface area contributed by atoms with Crippen LogP contribution < -0.4 is 0 Å². The minimum atomic E-state index is 1.05. The number of aryl methyl sites for hydroxylation is 4. The van der Waals surface area contributed by atoms with Gasteiger partial charge in [0.1, 0.15) is 0 Å². The van der Waals surface area contributed by atoms with Gasteiger partial charge in [0.25, 0.3) is 0 Å². The second-order valence-electron chi connectivity index (χ2n) is 16.4. The number of nitrogens with zero attached hydrogens (tertiary/aromatic N) is 2. The Morgan fingerprint density at radius 3 is 1.00 bits per heavy atom. The lowest BCUT2D eigenvalue weighted by Crippen LogP contribution is -1.91. The Morgan fingerprint density at radius 1 is 0.316 bits per heavy atom. The standard InChI is InChI=1S/C50H74N2S5/c1-5-9-13-17-21-25-29-39-37-47(53-41(39)31-27-23-19-15-11-7-3)43-33-35-45(55-43)49-51-52-50(57-49)46-36-34-44(56-46)48-38-40(30-26-22-18-14-10-6-2)42(54-48)32-28-24-20-16-12-8-4/h33-38H,5-32H2,1-4H3. The molecular weight excluding hydrogens is 789 g/mol. The van der Waals surface area contributed by atoms with Crippen molar-refractivity contribution in [1.29, 1.82) is 0 Å². The molecule has 57 heavy (non-hydrogen) atoms. The summed E-state index contributed by atoms with van der Waals surface area (Å²) in [6.45, 7) is 9.24. The normalized spacial score (nSPS) is 11.7. The highest BCUT2D eigenvalue weighted by Gasteiger charge is 2.18. The molecule has 0 saturated carbocycles. The summed E-state index contributed by atoms with van der Waals surface area (Å²) in [6.07, 6.45) is 37.7. The SMILES string of the molecule is CCCCCCCCc1cc(-c2ccc(-c3nnc(-c4ccc(-c5cc(CCCCCCCC)c(CCCCCCCC)s5)s4)s3)s2)sc1CCCCCCCC.